The minimum absolute atomic E-state index is 0.571. The van der Waals surface area contributed by atoms with Crippen molar-refractivity contribution in [3.63, 3.8) is 0 Å². The van der Waals surface area contributed by atoms with Gasteiger partial charge in [0.15, 0.2) is 0 Å². The molecule has 0 unspecified atom stereocenters. The van der Waals surface area contributed by atoms with Crippen molar-refractivity contribution in [1.82, 2.24) is 10.3 Å². The van der Waals surface area contributed by atoms with E-state index < -0.39 is 0 Å². The number of thiazole rings is 1. The monoisotopic (exact) mass is 244 g/mol. The van der Waals surface area contributed by atoms with Crippen LogP contribution in [0.1, 0.15) is 28.9 Å². The SMILES string of the molecule is CCCOCc1nc(COC)c(CNC)s1. The highest BCUT2D eigenvalue weighted by Gasteiger charge is 2.10. The normalized spacial score (nSPS) is 10.9. The number of methoxy groups -OCH3 is 1. The van der Waals surface area contributed by atoms with Gasteiger partial charge >= 0.3 is 0 Å². The van der Waals surface area contributed by atoms with Crippen LogP contribution in [-0.2, 0) is 29.2 Å². The van der Waals surface area contributed by atoms with Crippen molar-refractivity contribution in [3.05, 3.63) is 15.6 Å². The maximum atomic E-state index is 5.48. The second-order valence-corrected chi connectivity index (χ2v) is 4.66. The van der Waals surface area contributed by atoms with E-state index in [1.54, 1.807) is 18.4 Å². The van der Waals surface area contributed by atoms with Gasteiger partial charge in [-0.15, -0.1) is 11.3 Å². The topological polar surface area (TPSA) is 43.4 Å². The molecule has 92 valence electrons. The molecule has 1 heterocycles. The van der Waals surface area contributed by atoms with E-state index in [1.807, 2.05) is 7.05 Å². The van der Waals surface area contributed by atoms with Crippen LogP contribution in [-0.4, -0.2) is 25.7 Å². The highest BCUT2D eigenvalue weighted by Crippen LogP contribution is 2.20. The number of hydrogen-bond donors (Lipinski definition) is 1. The summed E-state index contributed by atoms with van der Waals surface area (Å²) in [7, 11) is 3.62. The molecule has 16 heavy (non-hydrogen) atoms. The van der Waals surface area contributed by atoms with E-state index in [9.17, 15) is 0 Å². The zero-order valence-electron chi connectivity index (χ0n) is 10.2. The number of nitrogens with one attached hydrogen (secondary N) is 1. The third-order valence-electron chi connectivity index (χ3n) is 2.01. The molecule has 0 saturated heterocycles. The summed E-state index contributed by atoms with van der Waals surface area (Å²) >= 11 is 1.70. The number of nitrogens with zero attached hydrogens (tertiary/aromatic N) is 1. The quantitative estimate of drug-likeness (QED) is 0.710. The van der Waals surface area contributed by atoms with Crippen molar-refractivity contribution in [3.8, 4) is 0 Å². The molecular formula is C11H20N2O2S. The van der Waals surface area contributed by atoms with Gasteiger partial charge < -0.3 is 14.8 Å². The number of rotatable bonds is 8. The van der Waals surface area contributed by atoms with Gasteiger partial charge in [-0.1, -0.05) is 6.92 Å². The Labute approximate surface area is 101 Å². The summed E-state index contributed by atoms with van der Waals surface area (Å²) in [6.45, 7) is 4.91. The Hall–Kier alpha value is -0.490. The first-order chi connectivity index (χ1) is 7.81. The predicted octanol–water partition coefficient (Wildman–Crippen LogP) is 1.94. The molecular weight excluding hydrogens is 224 g/mol. The van der Waals surface area contributed by atoms with Crippen molar-refractivity contribution in [2.75, 3.05) is 20.8 Å². The average Bonchev–Trinajstić information content (AvgIpc) is 2.63. The fourth-order valence-electron chi connectivity index (χ4n) is 1.35. The Kier molecular flexibility index (Phi) is 6.56. The van der Waals surface area contributed by atoms with E-state index in [2.05, 4.69) is 17.2 Å². The molecule has 1 aromatic heterocycles. The van der Waals surface area contributed by atoms with Gasteiger partial charge in [-0.25, -0.2) is 4.98 Å². The van der Waals surface area contributed by atoms with Gasteiger partial charge in [0.25, 0.3) is 0 Å². The van der Waals surface area contributed by atoms with Crippen molar-refractivity contribution < 1.29 is 9.47 Å². The van der Waals surface area contributed by atoms with Gasteiger partial charge in [0.2, 0.25) is 0 Å². The van der Waals surface area contributed by atoms with Gasteiger partial charge in [-0.05, 0) is 13.5 Å². The average molecular weight is 244 g/mol. The highest BCUT2D eigenvalue weighted by molar-refractivity contribution is 7.11. The maximum absolute atomic E-state index is 5.48. The molecule has 0 fully saturated rings. The van der Waals surface area contributed by atoms with Gasteiger partial charge in [-0.3, -0.25) is 0 Å². The molecule has 0 bridgehead atoms. The zero-order valence-corrected chi connectivity index (χ0v) is 11.0. The first kappa shape index (κ1) is 13.6. The molecule has 0 amide bonds. The fourth-order valence-corrected chi connectivity index (χ4v) is 2.37. The van der Waals surface area contributed by atoms with Gasteiger partial charge in [0, 0.05) is 25.1 Å². The second kappa shape index (κ2) is 7.73. The van der Waals surface area contributed by atoms with Crippen LogP contribution in [0, 0.1) is 0 Å². The molecule has 1 N–H and O–H groups in total. The Bertz CT molecular complexity index is 279. The predicted molar refractivity (Wildman–Crippen MR) is 65.5 cm³/mol. The largest absolute Gasteiger partial charge is 0.378 e. The van der Waals surface area contributed by atoms with Crippen LogP contribution in [0.2, 0.25) is 0 Å². The maximum Gasteiger partial charge on any atom is 0.119 e. The smallest absolute Gasteiger partial charge is 0.119 e. The molecule has 5 heteroatoms. The summed E-state index contributed by atoms with van der Waals surface area (Å²) in [4.78, 5) is 5.75. The lowest BCUT2D eigenvalue weighted by Crippen LogP contribution is -2.06. The summed E-state index contributed by atoms with van der Waals surface area (Å²) in [5, 5.41) is 4.17. The van der Waals surface area contributed by atoms with Crippen molar-refractivity contribution in [1.29, 1.82) is 0 Å². The van der Waals surface area contributed by atoms with Crippen LogP contribution in [0.5, 0.6) is 0 Å². The number of aromatic nitrogens is 1. The summed E-state index contributed by atoms with van der Waals surface area (Å²) in [6, 6.07) is 0. The molecule has 4 nitrogen and oxygen atoms in total. The lowest BCUT2D eigenvalue weighted by atomic mass is 10.4. The van der Waals surface area contributed by atoms with E-state index in [-0.39, 0.29) is 0 Å². The number of ether oxygens (including phenoxy) is 2. The van der Waals surface area contributed by atoms with Gasteiger partial charge in [0.05, 0.1) is 18.9 Å². The van der Waals surface area contributed by atoms with Crippen LogP contribution < -0.4 is 5.32 Å². The Morgan fingerprint density at radius 3 is 2.81 bits per heavy atom. The van der Waals surface area contributed by atoms with E-state index >= 15 is 0 Å². The van der Waals surface area contributed by atoms with Crippen molar-refractivity contribution in [2.45, 2.75) is 33.1 Å². The van der Waals surface area contributed by atoms with Crippen LogP contribution in [0.25, 0.3) is 0 Å². The molecule has 0 aliphatic rings. The lowest BCUT2D eigenvalue weighted by molar-refractivity contribution is 0.120. The van der Waals surface area contributed by atoms with Crippen LogP contribution in [0.15, 0.2) is 0 Å². The van der Waals surface area contributed by atoms with Crippen LogP contribution in [0.3, 0.4) is 0 Å². The standard InChI is InChI=1S/C11H20N2O2S/c1-4-5-15-8-11-13-9(7-14-3)10(16-11)6-12-2/h12H,4-8H2,1-3H3. The first-order valence-electron chi connectivity index (χ1n) is 5.50. The first-order valence-corrected chi connectivity index (χ1v) is 6.32. The molecule has 0 radical (unpaired) electrons. The fraction of sp³-hybridized carbons (Fsp3) is 0.727. The van der Waals surface area contributed by atoms with Crippen LogP contribution in [0.4, 0.5) is 0 Å². The van der Waals surface area contributed by atoms with E-state index in [4.69, 9.17) is 9.47 Å². The zero-order chi connectivity index (χ0) is 11.8. The third-order valence-corrected chi connectivity index (χ3v) is 3.09. The summed E-state index contributed by atoms with van der Waals surface area (Å²) < 4.78 is 10.6. The minimum atomic E-state index is 0.571. The Balaban J connectivity index is 2.60. The molecule has 0 spiro atoms. The molecule has 0 aromatic carbocycles. The van der Waals surface area contributed by atoms with Crippen molar-refractivity contribution >= 4 is 11.3 Å². The summed E-state index contributed by atoms with van der Waals surface area (Å²) in [5.74, 6) is 0. The molecule has 0 saturated carbocycles. The lowest BCUT2D eigenvalue weighted by Gasteiger charge is -1.98. The summed E-state index contributed by atoms with van der Waals surface area (Å²) in [5.41, 5.74) is 1.02. The Morgan fingerprint density at radius 1 is 1.38 bits per heavy atom. The van der Waals surface area contributed by atoms with Gasteiger partial charge in [0.1, 0.15) is 5.01 Å². The van der Waals surface area contributed by atoms with Crippen molar-refractivity contribution in [2.24, 2.45) is 0 Å². The second-order valence-electron chi connectivity index (χ2n) is 3.49. The Morgan fingerprint density at radius 2 is 2.19 bits per heavy atom. The molecule has 1 rings (SSSR count). The minimum Gasteiger partial charge on any atom is -0.378 e. The molecule has 1 aromatic rings. The molecule has 0 aliphatic heterocycles. The highest BCUT2D eigenvalue weighted by atomic mass is 32.1. The molecule has 0 aliphatic carbocycles. The van der Waals surface area contributed by atoms with E-state index in [1.165, 1.54) is 4.88 Å². The molecule has 0 atom stereocenters. The number of hydrogen-bond acceptors (Lipinski definition) is 5. The van der Waals surface area contributed by atoms with Crippen LogP contribution >= 0.6 is 11.3 Å². The van der Waals surface area contributed by atoms with Gasteiger partial charge in [-0.2, -0.15) is 0 Å². The van der Waals surface area contributed by atoms with E-state index in [0.29, 0.717) is 13.2 Å². The third kappa shape index (κ3) is 4.17. The summed E-state index contributed by atoms with van der Waals surface area (Å²) in [6.07, 6.45) is 1.04. The van der Waals surface area contributed by atoms with E-state index in [0.717, 1.165) is 30.3 Å².